The molecule has 2 unspecified atom stereocenters. The van der Waals surface area contributed by atoms with Crippen molar-refractivity contribution in [2.75, 3.05) is 6.54 Å². The SMILES string of the molecule is O=C(CCNC(=O)NC1CCC(C(=O)O)C1)NC1CC1. The first kappa shape index (κ1) is 14.6. The number of carbonyl (C=O) groups is 3. The van der Waals surface area contributed by atoms with Gasteiger partial charge in [-0.05, 0) is 32.1 Å². The number of hydrogen-bond donors (Lipinski definition) is 4. The second-order valence-corrected chi connectivity index (χ2v) is 5.54. The topological polar surface area (TPSA) is 108 Å². The second-order valence-electron chi connectivity index (χ2n) is 5.54. The normalized spacial score (nSPS) is 25.0. The van der Waals surface area contributed by atoms with Crippen LogP contribution in [0.2, 0.25) is 0 Å². The Balaban J connectivity index is 1.56. The van der Waals surface area contributed by atoms with Crippen molar-refractivity contribution in [3.05, 3.63) is 0 Å². The molecule has 20 heavy (non-hydrogen) atoms. The molecule has 0 aliphatic heterocycles. The van der Waals surface area contributed by atoms with Gasteiger partial charge >= 0.3 is 12.0 Å². The predicted octanol–water partition coefficient (Wildman–Crippen LogP) is 0.208. The van der Waals surface area contributed by atoms with E-state index in [0.29, 0.717) is 31.8 Å². The fourth-order valence-electron chi connectivity index (χ4n) is 2.39. The van der Waals surface area contributed by atoms with Gasteiger partial charge in [0.2, 0.25) is 5.91 Å². The summed E-state index contributed by atoms with van der Waals surface area (Å²) in [5.74, 6) is -1.20. The van der Waals surface area contributed by atoms with Gasteiger partial charge in [0, 0.05) is 25.0 Å². The van der Waals surface area contributed by atoms with Crippen LogP contribution < -0.4 is 16.0 Å². The molecule has 0 aromatic heterocycles. The molecule has 0 heterocycles. The molecule has 2 aliphatic rings. The third kappa shape index (κ3) is 4.71. The highest BCUT2D eigenvalue weighted by molar-refractivity contribution is 5.78. The van der Waals surface area contributed by atoms with Crippen LogP contribution in [0.25, 0.3) is 0 Å². The summed E-state index contributed by atoms with van der Waals surface area (Å²) in [6.07, 6.45) is 4.13. The molecular weight excluding hydrogens is 262 g/mol. The molecule has 0 bridgehead atoms. The summed E-state index contributed by atoms with van der Waals surface area (Å²) >= 11 is 0. The highest BCUT2D eigenvalue weighted by Crippen LogP contribution is 2.25. The Labute approximate surface area is 117 Å². The van der Waals surface area contributed by atoms with E-state index < -0.39 is 5.97 Å². The molecule has 2 saturated carbocycles. The van der Waals surface area contributed by atoms with Gasteiger partial charge < -0.3 is 21.1 Å². The van der Waals surface area contributed by atoms with Crippen LogP contribution in [0.15, 0.2) is 0 Å². The number of hydrogen-bond acceptors (Lipinski definition) is 3. The minimum atomic E-state index is -0.800. The fraction of sp³-hybridized carbons (Fsp3) is 0.769. The molecule has 112 valence electrons. The molecule has 0 aromatic rings. The van der Waals surface area contributed by atoms with Crippen molar-refractivity contribution in [1.29, 1.82) is 0 Å². The predicted molar refractivity (Wildman–Crippen MR) is 71.1 cm³/mol. The first-order chi connectivity index (χ1) is 9.54. The third-order valence-electron chi connectivity index (χ3n) is 3.70. The maximum atomic E-state index is 11.6. The van der Waals surface area contributed by atoms with Crippen molar-refractivity contribution in [3.63, 3.8) is 0 Å². The van der Waals surface area contributed by atoms with E-state index in [9.17, 15) is 14.4 Å². The van der Waals surface area contributed by atoms with E-state index >= 15 is 0 Å². The van der Waals surface area contributed by atoms with Crippen LogP contribution in [-0.4, -0.2) is 41.6 Å². The van der Waals surface area contributed by atoms with Gasteiger partial charge in [-0.3, -0.25) is 9.59 Å². The molecule has 3 amide bonds. The largest absolute Gasteiger partial charge is 0.481 e. The fourth-order valence-corrected chi connectivity index (χ4v) is 2.39. The van der Waals surface area contributed by atoms with Crippen LogP contribution in [0.3, 0.4) is 0 Å². The van der Waals surface area contributed by atoms with Gasteiger partial charge in [0.1, 0.15) is 0 Å². The number of carboxylic acid groups (broad SMARTS) is 1. The highest BCUT2D eigenvalue weighted by atomic mass is 16.4. The molecule has 2 atom stereocenters. The summed E-state index contributed by atoms with van der Waals surface area (Å²) in [4.78, 5) is 33.8. The van der Waals surface area contributed by atoms with Crippen molar-refractivity contribution in [2.45, 2.75) is 50.6 Å². The number of carbonyl (C=O) groups excluding carboxylic acids is 2. The van der Waals surface area contributed by atoms with Crippen molar-refractivity contribution in [1.82, 2.24) is 16.0 Å². The van der Waals surface area contributed by atoms with Crippen molar-refractivity contribution < 1.29 is 19.5 Å². The van der Waals surface area contributed by atoms with E-state index in [1.54, 1.807) is 0 Å². The van der Waals surface area contributed by atoms with Gasteiger partial charge in [0.15, 0.2) is 0 Å². The summed E-state index contributed by atoms with van der Waals surface area (Å²) in [7, 11) is 0. The van der Waals surface area contributed by atoms with Crippen LogP contribution in [-0.2, 0) is 9.59 Å². The summed E-state index contributed by atoms with van der Waals surface area (Å²) in [5.41, 5.74) is 0. The lowest BCUT2D eigenvalue weighted by Gasteiger charge is -2.13. The Hall–Kier alpha value is -1.79. The third-order valence-corrected chi connectivity index (χ3v) is 3.70. The van der Waals surface area contributed by atoms with Crippen LogP contribution in [0.4, 0.5) is 4.79 Å². The molecule has 2 aliphatic carbocycles. The standard InChI is InChI=1S/C13H21N3O4/c17-11(15-9-3-4-9)5-6-14-13(20)16-10-2-1-8(7-10)12(18)19/h8-10H,1-7H2,(H,15,17)(H,18,19)(H2,14,16,20). The van der Waals surface area contributed by atoms with Crippen LogP contribution in [0.5, 0.6) is 0 Å². The molecule has 0 saturated heterocycles. The van der Waals surface area contributed by atoms with Crippen molar-refractivity contribution in [3.8, 4) is 0 Å². The first-order valence-electron chi connectivity index (χ1n) is 7.11. The molecule has 2 rings (SSSR count). The Bertz CT molecular complexity index is 395. The molecule has 0 aromatic carbocycles. The quantitative estimate of drug-likeness (QED) is 0.559. The van der Waals surface area contributed by atoms with Gasteiger partial charge in [-0.2, -0.15) is 0 Å². The van der Waals surface area contributed by atoms with Crippen LogP contribution in [0.1, 0.15) is 38.5 Å². The van der Waals surface area contributed by atoms with E-state index in [2.05, 4.69) is 16.0 Å². The number of carboxylic acids is 1. The Kier molecular flexibility index (Phi) is 4.81. The molecule has 7 nitrogen and oxygen atoms in total. The minimum absolute atomic E-state index is 0.0420. The van der Waals surface area contributed by atoms with Crippen molar-refractivity contribution >= 4 is 17.9 Å². The zero-order chi connectivity index (χ0) is 14.5. The summed E-state index contributed by atoms with van der Waals surface area (Å²) in [6.45, 7) is 0.291. The average Bonchev–Trinajstić information content (AvgIpc) is 3.05. The Morgan fingerprint density at radius 3 is 2.30 bits per heavy atom. The summed E-state index contributed by atoms with van der Waals surface area (Å²) in [5, 5.41) is 17.1. The van der Waals surface area contributed by atoms with E-state index in [-0.39, 0.29) is 30.3 Å². The van der Waals surface area contributed by atoms with E-state index in [4.69, 9.17) is 5.11 Å². The Morgan fingerprint density at radius 1 is 1.00 bits per heavy atom. The molecule has 2 fully saturated rings. The number of nitrogens with one attached hydrogen (secondary N) is 3. The van der Waals surface area contributed by atoms with Crippen molar-refractivity contribution in [2.24, 2.45) is 5.92 Å². The molecular formula is C13H21N3O4. The average molecular weight is 283 g/mol. The maximum Gasteiger partial charge on any atom is 0.315 e. The molecule has 7 heteroatoms. The van der Waals surface area contributed by atoms with E-state index in [0.717, 1.165) is 12.8 Å². The zero-order valence-corrected chi connectivity index (χ0v) is 11.4. The Morgan fingerprint density at radius 2 is 1.70 bits per heavy atom. The molecule has 0 spiro atoms. The van der Waals surface area contributed by atoms with E-state index in [1.807, 2.05) is 0 Å². The monoisotopic (exact) mass is 283 g/mol. The lowest BCUT2D eigenvalue weighted by Crippen LogP contribution is -2.42. The van der Waals surface area contributed by atoms with Gasteiger partial charge in [-0.25, -0.2) is 4.79 Å². The molecule has 4 N–H and O–H groups in total. The zero-order valence-electron chi connectivity index (χ0n) is 11.4. The van der Waals surface area contributed by atoms with Gasteiger partial charge in [0.05, 0.1) is 5.92 Å². The van der Waals surface area contributed by atoms with Crippen LogP contribution in [0, 0.1) is 5.92 Å². The van der Waals surface area contributed by atoms with E-state index in [1.165, 1.54) is 0 Å². The summed E-state index contributed by atoms with van der Waals surface area (Å²) in [6, 6.07) is -0.0839. The number of amides is 3. The van der Waals surface area contributed by atoms with Gasteiger partial charge in [-0.1, -0.05) is 0 Å². The smallest absolute Gasteiger partial charge is 0.315 e. The highest BCUT2D eigenvalue weighted by Gasteiger charge is 2.30. The number of aliphatic carboxylic acids is 1. The lowest BCUT2D eigenvalue weighted by molar-refractivity contribution is -0.141. The second kappa shape index (κ2) is 6.58. The molecule has 0 radical (unpaired) electrons. The van der Waals surface area contributed by atoms with Gasteiger partial charge in [-0.15, -0.1) is 0 Å². The van der Waals surface area contributed by atoms with Crippen LogP contribution >= 0.6 is 0 Å². The number of rotatable bonds is 6. The number of urea groups is 1. The minimum Gasteiger partial charge on any atom is -0.481 e. The maximum absolute atomic E-state index is 11.6. The van der Waals surface area contributed by atoms with Gasteiger partial charge in [0.25, 0.3) is 0 Å². The summed E-state index contributed by atoms with van der Waals surface area (Å²) < 4.78 is 0. The lowest BCUT2D eigenvalue weighted by atomic mass is 10.1. The first-order valence-corrected chi connectivity index (χ1v) is 7.11.